The topological polar surface area (TPSA) is 29.5 Å². The van der Waals surface area contributed by atoms with Crippen LogP contribution in [0.3, 0.4) is 0 Å². The SMILES string of the molecule is OC(COc1ccc(C(F)(F)F)cc1C(F)(F)F)C(F)(F)F. The van der Waals surface area contributed by atoms with Gasteiger partial charge in [-0.1, -0.05) is 0 Å². The van der Waals surface area contributed by atoms with Crippen LogP contribution in [0.4, 0.5) is 39.5 Å². The van der Waals surface area contributed by atoms with Crippen LogP contribution in [-0.4, -0.2) is 24.0 Å². The van der Waals surface area contributed by atoms with Crippen LogP contribution in [0.25, 0.3) is 0 Å². The first-order valence-corrected chi connectivity index (χ1v) is 5.39. The van der Waals surface area contributed by atoms with E-state index < -0.39 is 48.1 Å². The third-order valence-corrected chi connectivity index (χ3v) is 2.39. The summed E-state index contributed by atoms with van der Waals surface area (Å²) >= 11 is 0. The second-order valence-electron chi connectivity index (χ2n) is 4.07. The number of hydrogen-bond donors (Lipinski definition) is 1. The zero-order chi connectivity index (χ0) is 17.3. The van der Waals surface area contributed by atoms with Crippen LogP contribution in [0, 0.1) is 0 Å². The molecule has 1 unspecified atom stereocenters. The first-order chi connectivity index (χ1) is 9.73. The normalized spacial score (nSPS) is 14.8. The van der Waals surface area contributed by atoms with Gasteiger partial charge < -0.3 is 9.84 Å². The maximum atomic E-state index is 12.6. The number of aliphatic hydroxyl groups is 1. The number of aliphatic hydroxyl groups excluding tert-OH is 1. The van der Waals surface area contributed by atoms with E-state index in [-0.39, 0.29) is 18.2 Å². The number of halogens is 9. The van der Waals surface area contributed by atoms with Gasteiger partial charge in [-0.3, -0.25) is 0 Å². The maximum absolute atomic E-state index is 12.6. The van der Waals surface area contributed by atoms with Crippen molar-refractivity contribution >= 4 is 0 Å². The average Bonchev–Trinajstić information content (AvgIpc) is 2.32. The molecule has 0 spiro atoms. The van der Waals surface area contributed by atoms with E-state index in [2.05, 4.69) is 4.74 Å². The van der Waals surface area contributed by atoms with Gasteiger partial charge in [0.2, 0.25) is 0 Å². The van der Waals surface area contributed by atoms with Crippen LogP contribution in [-0.2, 0) is 12.4 Å². The first-order valence-electron chi connectivity index (χ1n) is 5.39. The lowest BCUT2D eigenvalue weighted by atomic mass is 10.1. The molecule has 1 aromatic carbocycles. The van der Waals surface area contributed by atoms with E-state index in [1.165, 1.54) is 0 Å². The fourth-order valence-corrected chi connectivity index (χ4v) is 1.32. The first kappa shape index (κ1) is 18.4. The lowest BCUT2D eigenvalue weighted by Gasteiger charge is -2.19. The van der Waals surface area contributed by atoms with Crippen molar-refractivity contribution in [2.75, 3.05) is 6.61 Å². The Bertz CT molecular complexity index is 516. The van der Waals surface area contributed by atoms with E-state index >= 15 is 0 Å². The zero-order valence-corrected chi connectivity index (χ0v) is 10.3. The quantitative estimate of drug-likeness (QED) is 0.841. The van der Waals surface area contributed by atoms with Crippen molar-refractivity contribution in [2.24, 2.45) is 0 Å². The van der Waals surface area contributed by atoms with Gasteiger partial charge in [-0.15, -0.1) is 0 Å². The summed E-state index contributed by atoms with van der Waals surface area (Å²) in [6.07, 6.45) is -18.6. The molecule has 0 aliphatic rings. The molecular weight excluding hydrogens is 335 g/mol. The highest BCUT2D eigenvalue weighted by Gasteiger charge is 2.41. The molecule has 0 aliphatic heterocycles. The third-order valence-electron chi connectivity index (χ3n) is 2.39. The van der Waals surface area contributed by atoms with E-state index in [0.29, 0.717) is 0 Å². The fourth-order valence-electron chi connectivity index (χ4n) is 1.32. The van der Waals surface area contributed by atoms with Gasteiger partial charge in [0.05, 0.1) is 11.1 Å². The minimum Gasteiger partial charge on any atom is -0.490 e. The molecule has 1 rings (SSSR count). The monoisotopic (exact) mass is 342 g/mol. The molecule has 0 fully saturated rings. The van der Waals surface area contributed by atoms with Crippen molar-refractivity contribution in [1.29, 1.82) is 0 Å². The van der Waals surface area contributed by atoms with Crippen molar-refractivity contribution in [3.8, 4) is 5.75 Å². The summed E-state index contributed by atoms with van der Waals surface area (Å²) in [6, 6.07) is 0.189. The summed E-state index contributed by atoms with van der Waals surface area (Å²) in [5, 5.41) is 8.61. The Hall–Kier alpha value is -1.65. The van der Waals surface area contributed by atoms with Crippen molar-refractivity contribution < 1.29 is 49.4 Å². The Morgan fingerprint density at radius 2 is 1.45 bits per heavy atom. The molecular formula is C11H7F9O2. The Kier molecular flexibility index (Phi) is 4.90. The lowest BCUT2D eigenvalue weighted by molar-refractivity contribution is -0.211. The van der Waals surface area contributed by atoms with Gasteiger partial charge in [0, 0.05) is 0 Å². The minimum absolute atomic E-state index is 0.227. The highest BCUT2D eigenvalue weighted by molar-refractivity contribution is 5.40. The van der Waals surface area contributed by atoms with Gasteiger partial charge in [-0.25, -0.2) is 0 Å². The van der Waals surface area contributed by atoms with Crippen LogP contribution in [0.5, 0.6) is 5.75 Å². The van der Waals surface area contributed by atoms with E-state index in [1.54, 1.807) is 0 Å². The maximum Gasteiger partial charge on any atom is 0.419 e. The molecule has 1 atom stereocenters. The number of hydrogen-bond acceptors (Lipinski definition) is 2. The molecule has 126 valence electrons. The van der Waals surface area contributed by atoms with Gasteiger partial charge in [0.1, 0.15) is 12.4 Å². The summed E-state index contributed by atoms with van der Waals surface area (Å²) in [7, 11) is 0. The molecule has 22 heavy (non-hydrogen) atoms. The standard InChI is InChI=1S/C11H7F9O2/c12-9(13,14)5-1-2-7(6(3-5)10(15,16)17)22-4-8(21)11(18,19)20/h1-3,8,21H,4H2. The van der Waals surface area contributed by atoms with Crippen LogP contribution < -0.4 is 4.74 Å². The molecule has 0 saturated carbocycles. The van der Waals surface area contributed by atoms with Crippen molar-refractivity contribution in [3.05, 3.63) is 29.3 Å². The second-order valence-corrected chi connectivity index (χ2v) is 4.07. The molecule has 0 aliphatic carbocycles. The third kappa shape index (κ3) is 4.68. The molecule has 0 heterocycles. The number of alkyl halides is 9. The smallest absolute Gasteiger partial charge is 0.419 e. The van der Waals surface area contributed by atoms with Crippen LogP contribution in [0.1, 0.15) is 11.1 Å². The van der Waals surface area contributed by atoms with E-state index in [0.717, 1.165) is 0 Å². The lowest BCUT2D eigenvalue weighted by Crippen LogP contribution is -2.34. The van der Waals surface area contributed by atoms with Crippen molar-refractivity contribution in [1.82, 2.24) is 0 Å². The van der Waals surface area contributed by atoms with Crippen molar-refractivity contribution in [2.45, 2.75) is 24.6 Å². The van der Waals surface area contributed by atoms with Gasteiger partial charge in [0.25, 0.3) is 0 Å². The summed E-state index contributed by atoms with van der Waals surface area (Å²) in [4.78, 5) is 0. The summed E-state index contributed by atoms with van der Waals surface area (Å²) in [5.74, 6) is -1.25. The van der Waals surface area contributed by atoms with Gasteiger partial charge >= 0.3 is 18.5 Å². The highest BCUT2D eigenvalue weighted by atomic mass is 19.4. The van der Waals surface area contributed by atoms with Crippen LogP contribution in [0.15, 0.2) is 18.2 Å². The summed E-state index contributed by atoms with van der Waals surface area (Å²) < 4.78 is 115. The van der Waals surface area contributed by atoms with E-state index in [9.17, 15) is 39.5 Å². The van der Waals surface area contributed by atoms with Gasteiger partial charge in [0.15, 0.2) is 6.10 Å². The molecule has 1 N–H and O–H groups in total. The Balaban J connectivity index is 3.10. The predicted octanol–water partition coefficient (Wildman–Crippen LogP) is 4.03. The Morgan fingerprint density at radius 3 is 1.86 bits per heavy atom. The molecule has 0 amide bonds. The average molecular weight is 342 g/mol. The molecule has 0 radical (unpaired) electrons. The van der Waals surface area contributed by atoms with Crippen LogP contribution >= 0.6 is 0 Å². The van der Waals surface area contributed by atoms with Crippen molar-refractivity contribution in [3.63, 3.8) is 0 Å². The molecule has 0 aromatic heterocycles. The van der Waals surface area contributed by atoms with E-state index in [1.807, 2.05) is 0 Å². The molecule has 0 bridgehead atoms. The number of ether oxygens (including phenoxy) is 1. The van der Waals surface area contributed by atoms with Gasteiger partial charge in [-0.2, -0.15) is 39.5 Å². The Morgan fingerprint density at radius 1 is 0.909 bits per heavy atom. The molecule has 0 saturated heterocycles. The largest absolute Gasteiger partial charge is 0.490 e. The summed E-state index contributed by atoms with van der Waals surface area (Å²) in [6.45, 7) is -1.59. The minimum atomic E-state index is -5.28. The molecule has 1 aromatic rings. The zero-order valence-electron chi connectivity index (χ0n) is 10.3. The second kappa shape index (κ2) is 5.86. The van der Waals surface area contributed by atoms with E-state index in [4.69, 9.17) is 5.11 Å². The van der Waals surface area contributed by atoms with Crippen LogP contribution in [0.2, 0.25) is 0 Å². The van der Waals surface area contributed by atoms with Gasteiger partial charge in [-0.05, 0) is 18.2 Å². The summed E-state index contributed by atoms with van der Waals surface area (Å²) in [5.41, 5.74) is -3.53. The molecule has 2 nitrogen and oxygen atoms in total. The fraction of sp³-hybridized carbons (Fsp3) is 0.455. The number of rotatable bonds is 3. The highest BCUT2D eigenvalue weighted by Crippen LogP contribution is 2.40. The predicted molar refractivity (Wildman–Crippen MR) is 54.0 cm³/mol. The molecule has 11 heteroatoms. The number of benzene rings is 1. The Labute approximate surface area is 117 Å².